The molecule has 0 amide bonds. The molecule has 2 aromatic rings. The first-order chi connectivity index (χ1) is 8.41. The molecule has 1 aromatic heterocycles. The summed E-state index contributed by atoms with van der Waals surface area (Å²) in [6.07, 6.45) is 0. The Morgan fingerprint density at radius 2 is 1.78 bits per heavy atom. The van der Waals surface area contributed by atoms with Crippen LogP contribution < -0.4 is 5.73 Å². The van der Waals surface area contributed by atoms with Gasteiger partial charge in [-0.3, -0.25) is 0 Å². The largest absolute Gasteiger partial charge is 0.478 e. The minimum Gasteiger partial charge on any atom is -0.478 e. The Morgan fingerprint density at radius 3 is 2.28 bits per heavy atom. The molecule has 0 spiro atoms. The van der Waals surface area contributed by atoms with E-state index in [1.165, 1.54) is 16.9 Å². The average molecular weight is 261 g/mol. The quantitative estimate of drug-likeness (QED) is 0.867. The summed E-state index contributed by atoms with van der Waals surface area (Å²) in [6.45, 7) is 6.02. The van der Waals surface area contributed by atoms with Crippen molar-refractivity contribution in [3.05, 3.63) is 39.8 Å². The topological polar surface area (TPSA) is 63.3 Å². The minimum atomic E-state index is -0.969. The Balaban J connectivity index is 2.74. The van der Waals surface area contributed by atoms with Crippen molar-refractivity contribution >= 4 is 22.3 Å². The zero-order chi connectivity index (χ0) is 13.4. The van der Waals surface area contributed by atoms with Gasteiger partial charge in [0.15, 0.2) is 0 Å². The van der Waals surface area contributed by atoms with E-state index in [0.717, 1.165) is 22.3 Å². The molecule has 0 saturated carbocycles. The Hall–Kier alpha value is -1.81. The molecule has 3 nitrogen and oxygen atoms in total. The molecule has 0 saturated heterocycles. The van der Waals surface area contributed by atoms with Crippen LogP contribution in [0.4, 0.5) is 5.00 Å². The van der Waals surface area contributed by atoms with Crippen LogP contribution in [0.1, 0.15) is 27.0 Å². The lowest BCUT2D eigenvalue weighted by atomic mass is 9.93. The van der Waals surface area contributed by atoms with Crippen LogP contribution in [0.5, 0.6) is 0 Å². The number of nitrogens with two attached hydrogens (primary N) is 1. The lowest BCUT2D eigenvalue weighted by molar-refractivity contribution is 0.0699. The van der Waals surface area contributed by atoms with Crippen LogP contribution in [0.25, 0.3) is 11.1 Å². The van der Waals surface area contributed by atoms with Gasteiger partial charge in [0.2, 0.25) is 0 Å². The highest BCUT2D eigenvalue weighted by Gasteiger charge is 2.20. The summed E-state index contributed by atoms with van der Waals surface area (Å²) in [5.41, 5.74) is 11.0. The minimum absolute atomic E-state index is 0.218. The predicted octanol–water partition coefficient (Wildman–Crippen LogP) is 3.62. The summed E-state index contributed by atoms with van der Waals surface area (Å²) < 4.78 is 0. The number of benzene rings is 1. The molecule has 0 atom stereocenters. The van der Waals surface area contributed by atoms with Crippen LogP contribution in [0.2, 0.25) is 0 Å². The maximum absolute atomic E-state index is 11.3. The maximum Gasteiger partial charge on any atom is 0.339 e. The number of carboxylic acid groups (broad SMARTS) is 1. The fourth-order valence-corrected chi connectivity index (χ4v) is 3.18. The van der Waals surface area contributed by atoms with Crippen molar-refractivity contribution < 1.29 is 9.90 Å². The predicted molar refractivity (Wildman–Crippen MR) is 75.3 cm³/mol. The van der Waals surface area contributed by atoms with Crippen molar-refractivity contribution in [3.8, 4) is 11.1 Å². The van der Waals surface area contributed by atoms with Gasteiger partial charge in [-0.25, -0.2) is 4.79 Å². The molecule has 0 aliphatic rings. The van der Waals surface area contributed by atoms with Gasteiger partial charge in [0.25, 0.3) is 0 Å². The average Bonchev–Trinajstić information content (AvgIpc) is 2.58. The van der Waals surface area contributed by atoms with Crippen LogP contribution in [0.3, 0.4) is 0 Å². The molecule has 0 fully saturated rings. The lowest BCUT2D eigenvalue weighted by Gasteiger charge is -2.11. The Bertz CT molecular complexity index is 606. The summed E-state index contributed by atoms with van der Waals surface area (Å²) in [6, 6.07) is 4.11. The van der Waals surface area contributed by atoms with Gasteiger partial charge >= 0.3 is 5.97 Å². The molecule has 4 heteroatoms. The van der Waals surface area contributed by atoms with Crippen molar-refractivity contribution in [1.29, 1.82) is 0 Å². The van der Waals surface area contributed by atoms with Crippen molar-refractivity contribution in [2.75, 3.05) is 5.73 Å². The number of thiophene rings is 1. The fraction of sp³-hybridized carbons (Fsp3) is 0.214. The molecule has 0 bridgehead atoms. The highest BCUT2D eigenvalue weighted by Crippen LogP contribution is 2.37. The van der Waals surface area contributed by atoms with Crippen LogP contribution in [-0.4, -0.2) is 11.1 Å². The number of carbonyl (C=O) groups is 1. The molecule has 0 unspecified atom stereocenters. The van der Waals surface area contributed by atoms with E-state index in [1.807, 2.05) is 26.2 Å². The van der Waals surface area contributed by atoms with Gasteiger partial charge in [0, 0.05) is 10.9 Å². The van der Waals surface area contributed by atoms with Gasteiger partial charge in [-0.05, 0) is 37.5 Å². The summed E-state index contributed by atoms with van der Waals surface area (Å²) in [5, 5.41) is 11.4. The summed E-state index contributed by atoms with van der Waals surface area (Å²) in [5.74, 6) is -0.969. The van der Waals surface area contributed by atoms with Crippen LogP contribution in [0, 0.1) is 20.8 Å². The zero-order valence-electron chi connectivity index (χ0n) is 10.6. The normalized spacial score (nSPS) is 10.6. The number of hydrogen-bond acceptors (Lipinski definition) is 3. The van der Waals surface area contributed by atoms with E-state index >= 15 is 0 Å². The molecule has 0 aliphatic carbocycles. The van der Waals surface area contributed by atoms with E-state index < -0.39 is 5.97 Å². The second-order valence-corrected chi connectivity index (χ2v) is 5.38. The molecule has 0 aliphatic heterocycles. The fourth-order valence-electron chi connectivity index (χ4n) is 2.38. The van der Waals surface area contributed by atoms with Gasteiger partial charge in [0.1, 0.15) is 10.6 Å². The molecule has 3 N–H and O–H groups in total. The molecule has 0 radical (unpaired) electrons. The monoisotopic (exact) mass is 261 g/mol. The van der Waals surface area contributed by atoms with Gasteiger partial charge in [-0.2, -0.15) is 0 Å². The smallest absolute Gasteiger partial charge is 0.339 e. The second kappa shape index (κ2) is 4.46. The summed E-state index contributed by atoms with van der Waals surface area (Å²) in [7, 11) is 0. The van der Waals surface area contributed by atoms with E-state index in [4.69, 9.17) is 5.73 Å². The highest BCUT2D eigenvalue weighted by molar-refractivity contribution is 7.14. The van der Waals surface area contributed by atoms with Gasteiger partial charge in [0.05, 0.1) is 0 Å². The number of hydrogen-bond donors (Lipinski definition) is 2. The van der Waals surface area contributed by atoms with Crippen molar-refractivity contribution in [1.82, 2.24) is 0 Å². The zero-order valence-corrected chi connectivity index (χ0v) is 11.4. The molecule has 1 heterocycles. The van der Waals surface area contributed by atoms with Crippen molar-refractivity contribution in [2.24, 2.45) is 0 Å². The van der Waals surface area contributed by atoms with Gasteiger partial charge in [-0.15, -0.1) is 11.3 Å². The molecule has 1 aromatic carbocycles. The number of carboxylic acids is 1. The third-order valence-electron chi connectivity index (χ3n) is 2.98. The molecular weight excluding hydrogens is 246 g/mol. The molecule has 94 valence electrons. The first-order valence-corrected chi connectivity index (χ1v) is 6.48. The van der Waals surface area contributed by atoms with Gasteiger partial charge < -0.3 is 10.8 Å². The summed E-state index contributed by atoms with van der Waals surface area (Å²) in [4.78, 5) is 11.3. The van der Waals surface area contributed by atoms with Crippen LogP contribution in [0.15, 0.2) is 17.5 Å². The van der Waals surface area contributed by atoms with Crippen molar-refractivity contribution in [3.63, 3.8) is 0 Å². The first kappa shape index (κ1) is 12.6. The third kappa shape index (κ3) is 1.99. The molecule has 2 rings (SSSR count). The first-order valence-electron chi connectivity index (χ1n) is 5.60. The standard InChI is InChI=1S/C14H15NO2S/c1-7-4-8(2)11(9(3)5-7)10-6-18-13(15)12(10)14(16)17/h4-6H,15H2,1-3H3,(H,16,17). The molecular formula is C14H15NO2S. The van der Waals surface area contributed by atoms with E-state index in [9.17, 15) is 9.90 Å². The number of anilines is 1. The Kier molecular flexibility index (Phi) is 3.13. The van der Waals surface area contributed by atoms with E-state index in [-0.39, 0.29) is 5.56 Å². The van der Waals surface area contributed by atoms with Gasteiger partial charge in [-0.1, -0.05) is 17.7 Å². The molecule has 18 heavy (non-hydrogen) atoms. The Labute approximate surface area is 110 Å². The number of rotatable bonds is 2. The highest BCUT2D eigenvalue weighted by atomic mass is 32.1. The van der Waals surface area contributed by atoms with E-state index in [2.05, 4.69) is 12.1 Å². The van der Waals surface area contributed by atoms with E-state index in [1.54, 1.807) is 0 Å². The van der Waals surface area contributed by atoms with E-state index in [0.29, 0.717) is 5.00 Å². The number of aromatic carboxylic acids is 1. The SMILES string of the molecule is Cc1cc(C)c(-c2csc(N)c2C(=O)O)c(C)c1. The van der Waals surface area contributed by atoms with Crippen LogP contribution in [-0.2, 0) is 0 Å². The van der Waals surface area contributed by atoms with Crippen molar-refractivity contribution in [2.45, 2.75) is 20.8 Å². The second-order valence-electron chi connectivity index (χ2n) is 4.47. The lowest BCUT2D eigenvalue weighted by Crippen LogP contribution is -2.02. The number of aryl methyl sites for hydroxylation is 3. The maximum atomic E-state index is 11.3. The Morgan fingerprint density at radius 1 is 1.22 bits per heavy atom. The summed E-state index contributed by atoms with van der Waals surface area (Å²) >= 11 is 1.27. The third-order valence-corrected chi connectivity index (χ3v) is 3.79. The number of nitrogen functional groups attached to an aromatic ring is 1. The van der Waals surface area contributed by atoms with Crippen LogP contribution >= 0.6 is 11.3 Å².